The van der Waals surface area contributed by atoms with E-state index in [1.807, 2.05) is 0 Å². The molecule has 1 saturated heterocycles. The zero-order valence-corrected chi connectivity index (χ0v) is 17.2. The van der Waals surface area contributed by atoms with Gasteiger partial charge in [-0.1, -0.05) is 17.3 Å². The van der Waals surface area contributed by atoms with Crippen molar-refractivity contribution in [1.82, 2.24) is 25.2 Å². The molecule has 0 bridgehead atoms. The number of rotatable bonds is 8. The number of halogens is 1. The molecule has 0 aliphatic carbocycles. The summed E-state index contributed by atoms with van der Waals surface area (Å²) in [7, 11) is 0. The molecule has 0 saturated carbocycles. The number of hydrogen-bond donors (Lipinski definition) is 4. The van der Waals surface area contributed by atoms with Gasteiger partial charge in [0, 0.05) is 32.6 Å². The minimum absolute atomic E-state index is 0. The number of aliphatic carboxylic acids is 1. The van der Waals surface area contributed by atoms with Gasteiger partial charge in [0.05, 0.1) is 17.9 Å². The molecule has 1 fully saturated rings. The van der Waals surface area contributed by atoms with E-state index in [1.165, 1.54) is 4.68 Å². The third-order valence-electron chi connectivity index (χ3n) is 4.96. The third-order valence-corrected chi connectivity index (χ3v) is 4.96. The van der Waals surface area contributed by atoms with Crippen LogP contribution in [-0.4, -0.2) is 68.2 Å². The Kier molecular flexibility index (Phi) is 8.58. The summed E-state index contributed by atoms with van der Waals surface area (Å²) in [6.07, 6.45) is 2.10. The molecule has 2 heterocycles. The van der Waals surface area contributed by atoms with Crippen LogP contribution in [0.25, 0.3) is 0 Å². The maximum atomic E-state index is 13.0. The van der Waals surface area contributed by atoms with E-state index >= 15 is 0 Å². The van der Waals surface area contributed by atoms with Crippen LogP contribution in [-0.2, 0) is 16.0 Å². The normalized spacial score (nSPS) is 15.8. The molecule has 10 nitrogen and oxygen atoms in total. The van der Waals surface area contributed by atoms with E-state index in [2.05, 4.69) is 15.6 Å². The van der Waals surface area contributed by atoms with Crippen LogP contribution in [0.1, 0.15) is 36.2 Å². The zero-order valence-electron chi connectivity index (χ0n) is 16.4. The fourth-order valence-corrected chi connectivity index (χ4v) is 3.33. The summed E-state index contributed by atoms with van der Waals surface area (Å²) in [6, 6.07) is 5.57. The number of phenolic OH excluding ortho intramolecular Hbond substituents is 1. The summed E-state index contributed by atoms with van der Waals surface area (Å²) in [5.74, 6) is -0.940. The highest BCUT2D eigenvalue weighted by molar-refractivity contribution is 5.81. The number of carboxylic acids is 1. The second-order valence-corrected chi connectivity index (χ2v) is 7.12. The summed E-state index contributed by atoms with van der Waals surface area (Å²) in [4.78, 5) is 25.8. The van der Waals surface area contributed by atoms with E-state index in [-0.39, 0.29) is 36.9 Å². The van der Waals surface area contributed by atoms with Crippen molar-refractivity contribution < 1.29 is 32.2 Å². The number of piperazine rings is 1. The number of benzene rings is 1. The van der Waals surface area contributed by atoms with Crippen molar-refractivity contribution in [1.29, 1.82) is 0 Å². The van der Waals surface area contributed by atoms with Gasteiger partial charge < -0.3 is 38.6 Å². The van der Waals surface area contributed by atoms with Crippen molar-refractivity contribution in [3.63, 3.8) is 0 Å². The third kappa shape index (κ3) is 6.15. The van der Waals surface area contributed by atoms with Gasteiger partial charge in [0.1, 0.15) is 11.8 Å². The fourth-order valence-electron chi connectivity index (χ4n) is 3.33. The van der Waals surface area contributed by atoms with Gasteiger partial charge in [0.15, 0.2) is 0 Å². The Bertz CT molecular complexity index is 838. The molecule has 2 atom stereocenters. The standard InChI is InChI=1S/C19H26N6O4.ClH/c20-15(11-13-1-3-14(26)4-2-13)16-12-25(23-22-16)17(5-6-18(27)28)19(29)24-9-7-21-8-10-24;/h1-4,12,15,17,21,26H,5-11,20H2,(H,27,28);1H/p-1/t15?,17-;/m0./s1. The van der Waals surface area contributed by atoms with E-state index < -0.39 is 18.1 Å². The number of carboxylic acid groups (broad SMARTS) is 1. The van der Waals surface area contributed by atoms with E-state index in [9.17, 15) is 14.7 Å². The Morgan fingerprint density at radius 2 is 1.87 bits per heavy atom. The van der Waals surface area contributed by atoms with Crippen molar-refractivity contribution in [3.8, 4) is 5.75 Å². The SMILES string of the molecule is NC(Cc1ccc(O)cc1)c1cn([C@@H](CCC(=O)O)C(=O)N2CCNCC2)nn1.[Cl-]. The number of nitrogens with zero attached hydrogens (tertiary/aromatic N) is 4. The first-order valence-electron chi connectivity index (χ1n) is 9.60. The largest absolute Gasteiger partial charge is 1.00 e. The van der Waals surface area contributed by atoms with Crippen LogP contribution in [0, 0.1) is 0 Å². The zero-order chi connectivity index (χ0) is 20.8. The van der Waals surface area contributed by atoms with Crippen LogP contribution >= 0.6 is 0 Å². The molecule has 1 aromatic heterocycles. The van der Waals surface area contributed by atoms with Gasteiger partial charge in [-0.2, -0.15) is 0 Å². The molecule has 164 valence electrons. The number of phenols is 1. The van der Waals surface area contributed by atoms with Crippen LogP contribution in [0.4, 0.5) is 0 Å². The number of aromatic nitrogens is 3. The van der Waals surface area contributed by atoms with Crippen LogP contribution in [0.5, 0.6) is 5.75 Å². The van der Waals surface area contributed by atoms with E-state index in [4.69, 9.17) is 10.8 Å². The molecule has 11 heteroatoms. The summed E-state index contributed by atoms with van der Waals surface area (Å²) in [5, 5.41) is 29.8. The molecule has 0 radical (unpaired) electrons. The second kappa shape index (κ2) is 10.9. The maximum Gasteiger partial charge on any atom is 0.303 e. The highest BCUT2D eigenvalue weighted by Crippen LogP contribution is 2.21. The summed E-state index contributed by atoms with van der Waals surface area (Å²) < 4.78 is 1.43. The highest BCUT2D eigenvalue weighted by atomic mass is 35.5. The van der Waals surface area contributed by atoms with Crippen molar-refractivity contribution in [2.24, 2.45) is 5.73 Å². The molecular formula is C19H26ClN6O4-. The predicted molar refractivity (Wildman–Crippen MR) is 104 cm³/mol. The molecule has 2 aromatic rings. The number of carbonyl (C=O) groups is 2. The molecule has 30 heavy (non-hydrogen) atoms. The average molecular weight is 438 g/mol. The average Bonchev–Trinajstić information content (AvgIpc) is 3.20. The van der Waals surface area contributed by atoms with Gasteiger partial charge in [-0.25, -0.2) is 4.68 Å². The number of nitrogens with one attached hydrogen (secondary N) is 1. The van der Waals surface area contributed by atoms with Crippen LogP contribution in [0.3, 0.4) is 0 Å². The van der Waals surface area contributed by atoms with E-state index in [1.54, 1.807) is 35.4 Å². The van der Waals surface area contributed by atoms with Crippen molar-refractivity contribution in [3.05, 3.63) is 41.7 Å². The van der Waals surface area contributed by atoms with Gasteiger partial charge in [-0.15, -0.1) is 5.10 Å². The van der Waals surface area contributed by atoms with E-state index in [0.29, 0.717) is 38.3 Å². The number of carbonyl (C=O) groups excluding carboxylic acids is 1. The molecule has 1 aliphatic heterocycles. The Morgan fingerprint density at radius 1 is 1.20 bits per heavy atom. The van der Waals surface area contributed by atoms with Gasteiger partial charge >= 0.3 is 5.97 Å². The predicted octanol–water partition coefficient (Wildman–Crippen LogP) is -2.93. The second-order valence-electron chi connectivity index (χ2n) is 7.12. The number of hydrogen-bond acceptors (Lipinski definition) is 7. The Hall–Kier alpha value is -2.69. The molecule has 0 spiro atoms. The summed E-state index contributed by atoms with van der Waals surface area (Å²) in [6.45, 7) is 2.56. The first-order chi connectivity index (χ1) is 13.9. The topological polar surface area (TPSA) is 147 Å². The quantitative estimate of drug-likeness (QED) is 0.343. The molecule has 1 aromatic carbocycles. The lowest BCUT2D eigenvalue weighted by atomic mass is 10.0. The Balaban J connectivity index is 0.00000320. The molecule has 1 unspecified atom stereocenters. The molecular weight excluding hydrogens is 412 g/mol. The number of aromatic hydroxyl groups is 1. The van der Waals surface area contributed by atoms with Crippen LogP contribution in [0.2, 0.25) is 0 Å². The van der Waals surface area contributed by atoms with Gasteiger partial charge in [0.25, 0.3) is 0 Å². The highest BCUT2D eigenvalue weighted by Gasteiger charge is 2.29. The minimum Gasteiger partial charge on any atom is -1.00 e. The first-order valence-corrected chi connectivity index (χ1v) is 9.60. The first kappa shape index (κ1) is 23.6. The fraction of sp³-hybridized carbons (Fsp3) is 0.474. The monoisotopic (exact) mass is 437 g/mol. The van der Waals surface area contributed by atoms with Crippen molar-refractivity contribution in [2.45, 2.75) is 31.3 Å². The molecule has 5 N–H and O–H groups in total. The van der Waals surface area contributed by atoms with Gasteiger partial charge in [0.2, 0.25) is 5.91 Å². The lowest BCUT2D eigenvalue weighted by molar-refractivity contribution is -0.139. The molecule has 1 aliphatic rings. The summed E-state index contributed by atoms with van der Waals surface area (Å²) in [5.41, 5.74) is 7.70. The van der Waals surface area contributed by atoms with Crippen LogP contribution in [0.15, 0.2) is 30.5 Å². The van der Waals surface area contributed by atoms with Gasteiger partial charge in [-0.05, 0) is 30.5 Å². The maximum absolute atomic E-state index is 13.0. The number of nitrogens with two attached hydrogens (primary N) is 1. The van der Waals surface area contributed by atoms with Crippen molar-refractivity contribution >= 4 is 11.9 Å². The smallest absolute Gasteiger partial charge is 0.303 e. The molecule has 1 amide bonds. The lowest BCUT2D eigenvalue weighted by Gasteiger charge is -2.30. The lowest BCUT2D eigenvalue weighted by Crippen LogP contribution is -3.00. The van der Waals surface area contributed by atoms with E-state index in [0.717, 1.165) is 5.56 Å². The molecule has 3 rings (SSSR count). The summed E-state index contributed by atoms with van der Waals surface area (Å²) >= 11 is 0. The van der Waals surface area contributed by atoms with Crippen LogP contribution < -0.4 is 23.5 Å². The Labute approximate surface area is 180 Å². The van der Waals surface area contributed by atoms with Crippen molar-refractivity contribution in [2.75, 3.05) is 26.2 Å². The number of amides is 1. The Morgan fingerprint density at radius 3 is 2.50 bits per heavy atom. The van der Waals surface area contributed by atoms with Gasteiger partial charge in [-0.3, -0.25) is 9.59 Å². The minimum atomic E-state index is -0.965.